The topological polar surface area (TPSA) is 74.4 Å². The molecule has 2 saturated heterocycles. The molecule has 55 heavy (non-hydrogen) atoms. The number of aryl methyl sites for hydroxylation is 1. The average Bonchev–Trinajstić information content (AvgIpc) is 3.28. The molecule has 1 saturated carbocycles. The van der Waals surface area contributed by atoms with Crippen LogP contribution in [-0.2, 0) is 26.3 Å². The first kappa shape index (κ1) is 39.1. The van der Waals surface area contributed by atoms with Crippen molar-refractivity contribution in [1.29, 1.82) is 0 Å². The third-order valence-electron chi connectivity index (χ3n) is 14.2. The van der Waals surface area contributed by atoms with Crippen LogP contribution in [0.2, 0.25) is 5.02 Å². The van der Waals surface area contributed by atoms with E-state index in [0.717, 1.165) is 68.2 Å². The Kier molecular flexibility index (Phi) is 10.6. The smallest absolute Gasteiger partial charge is 0.262 e. The summed E-state index contributed by atoms with van der Waals surface area (Å²) in [6, 6.07) is 11.6. The second kappa shape index (κ2) is 14.9. The number of hydrogen-bond donors (Lipinski definition) is 1. The normalized spacial score (nSPS) is 37.3. The van der Waals surface area contributed by atoms with E-state index in [2.05, 4.69) is 49.6 Å². The van der Waals surface area contributed by atoms with Crippen LogP contribution in [-0.4, -0.2) is 108 Å². The van der Waals surface area contributed by atoms with Crippen LogP contribution in [0.5, 0.6) is 5.75 Å². The minimum atomic E-state index is -3.02. The second-order valence-corrected chi connectivity index (χ2v) is 20.4. The van der Waals surface area contributed by atoms with Gasteiger partial charge in [-0.1, -0.05) is 36.7 Å². The van der Waals surface area contributed by atoms with E-state index in [1.165, 1.54) is 11.1 Å². The fourth-order valence-electron chi connectivity index (χ4n) is 10.6. The van der Waals surface area contributed by atoms with Crippen LogP contribution < -0.4 is 14.4 Å². The highest BCUT2D eigenvalue weighted by atomic mass is 35.5. The number of carbonyl (C=O) groups is 1. The summed E-state index contributed by atoms with van der Waals surface area (Å²) in [5.41, 5.74) is 2.87. The number of nitrogens with one attached hydrogen (secondary N) is 1. The SMILES string of the molecule is C=S1(=O)NC(=O)c2ccc3c(c2)N(C[C@@H]2CC[C@H]2[C@](CN2CCN4CCC(F)(F)CC4C2)(OC)/C=C/C[C@H](C)[C@H]1C)C[C@@]1(CCCc2cc(Cl)ccc21)CO3. The quantitative estimate of drug-likeness (QED) is 0.266. The molecule has 4 aliphatic heterocycles. The zero-order valence-electron chi connectivity index (χ0n) is 32.5. The average molecular weight is 799 g/mol. The maximum Gasteiger partial charge on any atom is 0.262 e. The molecule has 4 heterocycles. The summed E-state index contributed by atoms with van der Waals surface area (Å²) in [4.78, 5) is 20.9. The zero-order chi connectivity index (χ0) is 38.8. The fraction of sp³-hybridized carbons (Fsp3) is 0.628. The van der Waals surface area contributed by atoms with Crippen molar-refractivity contribution in [3.63, 3.8) is 0 Å². The van der Waals surface area contributed by atoms with Crippen molar-refractivity contribution in [1.82, 2.24) is 14.5 Å². The van der Waals surface area contributed by atoms with Crippen molar-refractivity contribution >= 4 is 38.8 Å². The zero-order valence-corrected chi connectivity index (χ0v) is 34.1. The number of hydrogen-bond acceptors (Lipinski definition) is 7. The summed E-state index contributed by atoms with van der Waals surface area (Å²) in [6.07, 6.45) is 9.81. The van der Waals surface area contributed by atoms with Crippen molar-refractivity contribution in [2.75, 3.05) is 64.4 Å². The number of alkyl halides is 2. The molecule has 2 aliphatic carbocycles. The molecule has 1 spiro atoms. The summed E-state index contributed by atoms with van der Waals surface area (Å²) < 4.78 is 59.6. The number of fused-ring (bicyclic) bond motifs is 5. The van der Waals surface area contributed by atoms with Crippen molar-refractivity contribution in [3.05, 3.63) is 70.3 Å². The van der Waals surface area contributed by atoms with E-state index in [-0.39, 0.29) is 42.1 Å². The summed E-state index contributed by atoms with van der Waals surface area (Å²) in [5, 5.41) is 0.337. The lowest BCUT2D eigenvalue weighted by atomic mass is 9.63. The van der Waals surface area contributed by atoms with E-state index in [1.54, 1.807) is 13.2 Å². The maximum atomic E-state index is 14.6. The Morgan fingerprint density at radius 2 is 1.93 bits per heavy atom. The molecular formula is C43H57ClF2N4O4S. The van der Waals surface area contributed by atoms with Crippen LogP contribution in [0, 0.1) is 17.8 Å². The number of anilines is 1. The van der Waals surface area contributed by atoms with Crippen molar-refractivity contribution in [2.45, 2.75) is 93.4 Å². The predicted octanol–water partition coefficient (Wildman–Crippen LogP) is 6.99. The molecule has 2 aromatic carbocycles. The van der Waals surface area contributed by atoms with Gasteiger partial charge in [-0.3, -0.25) is 19.3 Å². The number of ether oxygens (including phenoxy) is 2. The van der Waals surface area contributed by atoms with E-state index >= 15 is 0 Å². The van der Waals surface area contributed by atoms with Gasteiger partial charge in [0.2, 0.25) is 0 Å². The number of piperazine rings is 1. The maximum absolute atomic E-state index is 14.6. The summed E-state index contributed by atoms with van der Waals surface area (Å²) in [5.74, 6) is 2.13. The highest BCUT2D eigenvalue weighted by Gasteiger charge is 2.51. The molecule has 6 aliphatic rings. The van der Waals surface area contributed by atoms with E-state index < -0.39 is 32.4 Å². The van der Waals surface area contributed by atoms with Crippen LogP contribution in [0.3, 0.4) is 0 Å². The highest BCUT2D eigenvalue weighted by Crippen LogP contribution is 2.49. The van der Waals surface area contributed by atoms with Crippen LogP contribution in [0.1, 0.15) is 80.3 Å². The Morgan fingerprint density at radius 3 is 2.71 bits per heavy atom. The van der Waals surface area contributed by atoms with Gasteiger partial charge in [0, 0.05) is 93.1 Å². The molecule has 12 heteroatoms. The molecule has 8 nitrogen and oxygen atoms in total. The molecule has 8 atom stereocenters. The molecule has 1 amide bonds. The third-order valence-corrected chi connectivity index (χ3v) is 16.6. The lowest BCUT2D eigenvalue weighted by molar-refractivity contribution is -0.119. The standard InChI is InChI=1S/C43H57ClF2N4O4S/c1-29-7-5-16-42(53-3,27-48-19-20-49-18-17-43(45,46)23-35(49)25-48)37-12-9-33(37)24-50-26-41(15-6-8-31-21-34(44)11-13-36(31)41)28-54-39-14-10-32(22-38(39)50)40(51)47-55(4,52)30(29)2/h5,10-11,13-14,16,21-22,29-30,33,35,37H,4,6-9,12,15,17-20,23-28H2,1-3H3,(H,47,51,52)/b16-5+/t29-,30+,33-,35?,37+,41-,42-,55?/m0/s1. The minimum Gasteiger partial charge on any atom is -0.490 e. The van der Waals surface area contributed by atoms with Gasteiger partial charge in [-0.25, -0.2) is 13.0 Å². The first-order chi connectivity index (χ1) is 26.2. The first-order valence-corrected chi connectivity index (χ1v) is 22.4. The Labute approximate surface area is 331 Å². The lowest BCUT2D eigenvalue weighted by Crippen LogP contribution is -2.62. The Bertz CT molecular complexity index is 1930. The van der Waals surface area contributed by atoms with Crippen LogP contribution in [0.25, 0.3) is 0 Å². The van der Waals surface area contributed by atoms with Crippen LogP contribution in [0.15, 0.2) is 48.6 Å². The van der Waals surface area contributed by atoms with Gasteiger partial charge in [-0.15, -0.1) is 0 Å². The molecular weight excluding hydrogens is 742 g/mol. The molecule has 1 N–H and O–H groups in total. The van der Waals surface area contributed by atoms with Gasteiger partial charge in [0.25, 0.3) is 11.8 Å². The van der Waals surface area contributed by atoms with E-state index in [9.17, 15) is 17.8 Å². The number of amides is 1. The Morgan fingerprint density at radius 1 is 1.09 bits per heavy atom. The number of allylic oxidation sites excluding steroid dienone is 1. The summed E-state index contributed by atoms with van der Waals surface area (Å²) in [7, 11) is -1.22. The number of rotatable bonds is 3. The second-order valence-electron chi connectivity index (χ2n) is 17.6. The van der Waals surface area contributed by atoms with Crippen LogP contribution in [0.4, 0.5) is 14.5 Å². The lowest BCUT2D eigenvalue weighted by Gasteiger charge is -2.53. The number of methoxy groups -OCH3 is 1. The Balaban J connectivity index is 1.18. The van der Waals surface area contributed by atoms with Gasteiger partial charge in [0.1, 0.15) is 11.4 Å². The van der Waals surface area contributed by atoms with Crippen molar-refractivity contribution in [3.8, 4) is 5.75 Å². The number of halogens is 3. The first-order valence-electron chi connectivity index (χ1n) is 20.3. The summed E-state index contributed by atoms with van der Waals surface area (Å²) >= 11 is 6.51. The molecule has 2 aromatic rings. The van der Waals surface area contributed by atoms with Gasteiger partial charge in [-0.05, 0) is 111 Å². The monoisotopic (exact) mass is 798 g/mol. The molecule has 300 valence electrons. The molecule has 8 rings (SSSR count). The van der Waals surface area contributed by atoms with E-state index in [4.69, 9.17) is 21.1 Å². The predicted molar refractivity (Wildman–Crippen MR) is 217 cm³/mol. The minimum absolute atomic E-state index is 0.0467. The van der Waals surface area contributed by atoms with E-state index in [1.807, 2.05) is 32.0 Å². The van der Waals surface area contributed by atoms with Crippen molar-refractivity contribution in [2.24, 2.45) is 17.8 Å². The molecule has 3 fully saturated rings. The number of nitrogens with zero attached hydrogens (tertiary/aromatic N) is 3. The highest BCUT2D eigenvalue weighted by molar-refractivity contribution is 7.99. The third kappa shape index (κ3) is 7.57. The molecule has 0 aromatic heterocycles. The Hall–Kier alpha value is -2.70. The molecule has 2 bridgehead atoms. The fourth-order valence-corrected chi connectivity index (χ4v) is 12.3. The number of benzene rings is 2. The van der Waals surface area contributed by atoms with Gasteiger partial charge in [0.15, 0.2) is 0 Å². The molecule has 0 radical (unpaired) electrons. The van der Waals surface area contributed by atoms with Gasteiger partial charge in [0.05, 0.1) is 22.0 Å². The summed E-state index contributed by atoms with van der Waals surface area (Å²) in [6.45, 7) is 9.11. The van der Waals surface area contributed by atoms with Gasteiger partial charge < -0.3 is 14.4 Å². The van der Waals surface area contributed by atoms with Gasteiger partial charge in [-0.2, -0.15) is 0 Å². The van der Waals surface area contributed by atoms with Gasteiger partial charge >= 0.3 is 0 Å². The van der Waals surface area contributed by atoms with E-state index in [0.29, 0.717) is 44.8 Å². The van der Waals surface area contributed by atoms with Crippen molar-refractivity contribution < 1.29 is 27.3 Å². The van der Waals surface area contributed by atoms with Crippen LogP contribution >= 0.6 is 11.6 Å². The number of piperidine rings is 1. The molecule has 2 unspecified atom stereocenters. The number of carbonyl (C=O) groups excluding carboxylic acids is 1. The largest absolute Gasteiger partial charge is 0.490 e.